The van der Waals surface area contributed by atoms with Gasteiger partial charge in [-0.25, -0.2) is 5.12 Å². The summed E-state index contributed by atoms with van der Waals surface area (Å²) in [5.74, 6) is -0.226. The van der Waals surface area contributed by atoms with E-state index < -0.39 is 5.41 Å². The topological polar surface area (TPSA) is 80.0 Å². The molecule has 0 saturated heterocycles. The smallest absolute Gasteiger partial charge is 0.316 e. The van der Waals surface area contributed by atoms with Crippen LogP contribution in [-0.2, 0) is 9.53 Å². The van der Waals surface area contributed by atoms with E-state index in [1.54, 1.807) is 19.3 Å². The SMILES string of the molecule is C=C/C(=C\NN(C)/N=C\N)C1(C(=O)OC)CC1. The van der Waals surface area contributed by atoms with Crippen molar-refractivity contribution in [2.75, 3.05) is 14.2 Å². The number of rotatable bonds is 6. The predicted molar refractivity (Wildman–Crippen MR) is 65.5 cm³/mol. The van der Waals surface area contributed by atoms with Gasteiger partial charge < -0.3 is 10.5 Å². The average molecular weight is 238 g/mol. The molecule has 0 aromatic rings. The van der Waals surface area contributed by atoms with Crippen molar-refractivity contribution in [3.05, 3.63) is 24.4 Å². The predicted octanol–water partition coefficient (Wildman–Crippen LogP) is 0.348. The van der Waals surface area contributed by atoms with Gasteiger partial charge >= 0.3 is 5.97 Å². The Balaban J connectivity index is 2.75. The van der Waals surface area contributed by atoms with Crippen LogP contribution in [0.1, 0.15) is 12.8 Å². The fourth-order valence-corrected chi connectivity index (χ4v) is 1.62. The Hall–Kier alpha value is -1.98. The molecule has 0 atom stereocenters. The van der Waals surface area contributed by atoms with Gasteiger partial charge in [-0.05, 0) is 18.4 Å². The Bertz CT molecular complexity index is 358. The van der Waals surface area contributed by atoms with Crippen LogP contribution in [0.4, 0.5) is 0 Å². The molecule has 3 N–H and O–H groups in total. The number of ether oxygens (including phenoxy) is 1. The van der Waals surface area contributed by atoms with Gasteiger partial charge in [0.25, 0.3) is 0 Å². The first-order chi connectivity index (χ1) is 8.10. The number of nitrogens with one attached hydrogen (secondary N) is 1. The molecular weight excluding hydrogens is 220 g/mol. The fraction of sp³-hybridized carbons (Fsp3) is 0.455. The summed E-state index contributed by atoms with van der Waals surface area (Å²) in [5.41, 5.74) is 8.29. The number of hydrazone groups is 1. The summed E-state index contributed by atoms with van der Waals surface area (Å²) in [5, 5.41) is 5.21. The van der Waals surface area contributed by atoms with E-state index in [9.17, 15) is 4.79 Å². The summed E-state index contributed by atoms with van der Waals surface area (Å²) < 4.78 is 4.80. The molecule has 0 bridgehead atoms. The number of carbonyl (C=O) groups excluding carboxylic acids is 1. The van der Waals surface area contributed by atoms with Gasteiger partial charge in [-0.3, -0.25) is 10.2 Å². The van der Waals surface area contributed by atoms with Gasteiger partial charge in [0.1, 0.15) is 6.34 Å². The summed E-state index contributed by atoms with van der Waals surface area (Å²) >= 11 is 0. The van der Waals surface area contributed by atoms with E-state index in [0.717, 1.165) is 18.4 Å². The zero-order chi connectivity index (χ0) is 12.9. The van der Waals surface area contributed by atoms with Gasteiger partial charge in [-0.1, -0.05) is 12.7 Å². The minimum Gasteiger partial charge on any atom is -0.468 e. The lowest BCUT2D eigenvalue weighted by atomic mass is 9.97. The number of allylic oxidation sites excluding steroid dienone is 1. The molecule has 0 aromatic heterocycles. The molecule has 0 heterocycles. The van der Waals surface area contributed by atoms with Gasteiger partial charge in [0.2, 0.25) is 0 Å². The van der Waals surface area contributed by atoms with E-state index in [1.165, 1.54) is 18.6 Å². The second-order valence-electron chi connectivity index (χ2n) is 3.79. The number of carbonyl (C=O) groups is 1. The molecule has 0 unspecified atom stereocenters. The maximum absolute atomic E-state index is 11.7. The Labute approximate surface area is 101 Å². The van der Waals surface area contributed by atoms with E-state index in [0.29, 0.717) is 0 Å². The highest BCUT2D eigenvalue weighted by Gasteiger charge is 2.53. The molecule has 0 aliphatic heterocycles. The summed E-state index contributed by atoms with van der Waals surface area (Å²) in [7, 11) is 3.08. The van der Waals surface area contributed by atoms with Crippen LogP contribution < -0.4 is 11.2 Å². The zero-order valence-electron chi connectivity index (χ0n) is 10.1. The molecule has 0 radical (unpaired) electrons. The van der Waals surface area contributed by atoms with E-state index in [2.05, 4.69) is 17.1 Å². The quantitative estimate of drug-likeness (QED) is 0.229. The lowest BCUT2D eigenvalue weighted by Gasteiger charge is -2.17. The summed E-state index contributed by atoms with van der Waals surface area (Å²) in [6.45, 7) is 3.71. The van der Waals surface area contributed by atoms with Crippen molar-refractivity contribution in [2.45, 2.75) is 12.8 Å². The van der Waals surface area contributed by atoms with E-state index in [-0.39, 0.29) is 5.97 Å². The zero-order valence-corrected chi connectivity index (χ0v) is 10.1. The molecule has 6 heteroatoms. The van der Waals surface area contributed by atoms with Crippen molar-refractivity contribution in [1.29, 1.82) is 0 Å². The second-order valence-corrected chi connectivity index (χ2v) is 3.79. The van der Waals surface area contributed by atoms with Crippen LogP contribution in [0.5, 0.6) is 0 Å². The highest BCUT2D eigenvalue weighted by molar-refractivity contribution is 5.84. The number of hydrogen-bond acceptors (Lipinski definition) is 5. The van der Waals surface area contributed by atoms with Crippen molar-refractivity contribution in [1.82, 2.24) is 10.5 Å². The van der Waals surface area contributed by atoms with Crippen LogP contribution in [0.15, 0.2) is 29.5 Å². The van der Waals surface area contributed by atoms with Crippen LogP contribution in [0.3, 0.4) is 0 Å². The average Bonchev–Trinajstić information content (AvgIpc) is 3.11. The molecule has 0 aromatic carbocycles. The minimum absolute atomic E-state index is 0.226. The molecule has 0 spiro atoms. The standard InChI is InChI=1S/C11H18N4O2/c1-4-9(7-13-15(2)14-8-12)11(5-6-11)10(16)17-3/h4,7-8,13H,1,5-6H2,2-3H3,(H2,12,14)/b9-7+. The van der Waals surface area contributed by atoms with Crippen molar-refractivity contribution in [3.63, 3.8) is 0 Å². The maximum Gasteiger partial charge on any atom is 0.316 e. The lowest BCUT2D eigenvalue weighted by Crippen LogP contribution is -2.28. The van der Waals surface area contributed by atoms with Gasteiger partial charge in [-0.2, -0.15) is 0 Å². The highest BCUT2D eigenvalue weighted by atomic mass is 16.5. The number of hydrazine groups is 1. The normalized spacial score (nSPS) is 17.6. The van der Waals surface area contributed by atoms with Crippen LogP contribution in [0.2, 0.25) is 0 Å². The molecule has 1 aliphatic rings. The monoisotopic (exact) mass is 238 g/mol. The molecule has 17 heavy (non-hydrogen) atoms. The number of nitrogens with two attached hydrogens (primary N) is 1. The maximum atomic E-state index is 11.7. The van der Waals surface area contributed by atoms with E-state index in [1.807, 2.05) is 0 Å². The summed E-state index contributed by atoms with van der Waals surface area (Å²) in [6, 6.07) is 0. The summed E-state index contributed by atoms with van der Waals surface area (Å²) in [6.07, 6.45) is 6.06. The number of methoxy groups -OCH3 is 1. The van der Waals surface area contributed by atoms with Crippen LogP contribution in [-0.4, -0.2) is 31.6 Å². The Morgan fingerprint density at radius 1 is 1.65 bits per heavy atom. The van der Waals surface area contributed by atoms with Crippen molar-refractivity contribution in [2.24, 2.45) is 16.3 Å². The molecular formula is C11H18N4O2. The number of hydrogen-bond donors (Lipinski definition) is 2. The Kier molecular flexibility index (Phi) is 4.14. The molecule has 1 aliphatic carbocycles. The first kappa shape index (κ1) is 13.1. The minimum atomic E-state index is -0.531. The third-order valence-electron chi connectivity index (χ3n) is 2.75. The van der Waals surface area contributed by atoms with E-state index >= 15 is 0 Å². The summed E-state index contributed by atoms with van der Waals surface area (Å²) in [4.78, 5) is 11.7. The third kappa shape index (κ3) is 2.77. The molecule has 1 saturated carbocycles. The number of nitrogens with zero attached hydrogens (tertiary/aromatic N) is 2. The second kappa shape index (κ2) is 5.38. The van der Waals surface area contributed by atoms with Crippen molar-refractivity contribution in [3.8, 4) is 0 Å². The van der Waals surface area contributed by atoms with Gasteiger partial charge in [0.05, 0.1) is 12.5 Å². The van der Waals surface area contributed by atoms with Crippen LogP contribution >= 0.6 is 0 Å². The lowest BCUT2D eigenvalue weighted by molar-refractivity contribution is -0.145. The molecule has 6 nitrogen and oxygen atoms in total. The highest BCUT2D eigenvalue weighted by Crippen LogP contribution is 2.53. The van der Waals surface area contributed by atoms with Gasteiger partial charge in [0.15, 0.2) is 0 Å². The molecule has 1 rings (SSSR count). The molecule has 0 amide bonds. The van der Waals surface area contributed by atoms with Gasteiger partial charge in [-0.15, -0.1) is 5.10 Å². The largest absolute Gasteiger partial charge is 0.468 e. The molecule has 94 valence electrons. The third-order valence-corrected chi connectivity index (χ3v) is 2.75. The van der Waals surface area contributed by atoms with Crippen LogP contribution in [0.25, 0.3) is 0 Å². The Morgan fingerprint density at radius 3 is 2.71 bits per heavy atom. The Morgan fingerprint density at radius 2 is 2.29 bits per heavy atom. The van der Waals surface area contributed by atoms with Crippen molar-refractivity contribution < 1.29 is 9.53 Å². The fourth-order valence-electron chi connectivity index (χ4n) is 1.62. The molecule has 1 fully saturated rings. The van der Waals surface area contributed by atoms with Crippen LogP contribution in [0, 0.1) is 5.41 Å². The number of esters is 1. The first-order valence-electron chi connectivity index (χ1n) is 5.26. The van der Waals surface area contributed by atoms with Gasteiger partial charge in [0, 0.05) is 13.2 Å². The van der Waals surface area contributed by atoms with E-state index in [4.69, 9.17) is 10.5 Å². The first-order valence-corrected chi connectivity index (χ1v) is 5.26. The van der Waals surface area contributed by atoms with Crippen molar-refractivity contribution >= 4 is 12.3 Å².